The van der Waals surface area contributed by atoms with E-state index in [0.717, 1.165) is 22.0 Å². The summed E-state index contributed by atoms with van der Waals surface area (Å²) in [7, 11) is 0. The molecule has 27 heavy (non-hydrogen) atoms. The molecule has 2 aromatic rings. The summed E-state index contributed by atoms with van der Waals surface area (Å²) in [5, 5.41) is -0.127. The fourth-order valence-corrected chi connectivity index (χ4v) is 3.82. The number of aromatic nitrogens is 1. The Labute approximate surface area is 165 Å². The Hall–Kier alpha value is -1.97. The second-order valence-electron chi connectivity index (χ2n) is 5.42. The topological polar surface area (TPSA) is 87.0 Å². The van der Waals surface area contributed by atoms with Crippen molar-refractivity contribution in [3.63, 3.8) is 0 Å². The quantitative estimate of drug-likeness (QED) is 0.491. The van der Waals surface area contributed by atoms with Crippen LogP contribution in [-0.2, 0) is 25.6 Å². The third-order valence-corrected chi connectivity index (χ3v) is 5.32. The first kappa shape index (κ1) is 21.3. The van der Waals surface area contributed by atoms with E-state index in [9.17, 15) is 14.4 Å². The maximum atomic E-state index is 12.1. The van der Waals surface area contributed by atoms with E-state index in [1.807, 2.05) is 17.6 Å². The number of benzene rings is 1. The van der Waals surface area contributed by atoms with E-state index >= 15 is 0 Å². The fraction of sp³-hybridized carbons (Fsp3) is 0.444. The zero-order valence-corrected chi connectivity index (χ0v) is 17.2. The Kier molecular flexibility index (Phi) is 8.21. The van der Waals surface area contributed by atoms with Crippen molar-refractivity contribution in [3.05, 3.63) is 28.6 Å². The first-order valence-electron chi connectivity index (χ1n) is 8.55. The first-order chi connectivity index (χ1) is 13.0. The van der Waals surface area contributed by atoms with Crippen molar-refractivity contribution >= 4 is 50.3 Å². The van der Waals surface area contributed by atoms with Gasteiger partial charge in [0.15, 0.2) is 9.92 Å². The van der Waals surface area contributed by atoms with Gasteiger partial charge in [0, 0.05) is 20.1 Å². The van der Waals surface area contributed by atoms with Crippen molar-refractivity contribution < 1.29 is 23.9 Å². The van der Waals surface area contributed by atoms with Crippen molar-refractivity contribution in [1.82, 2.24) is 4.57 Å². The molecule has 2 rings (SSSR count). The second kappa shape index (κ2) is 10.4. The van der Waals surface area contributed by atoms with Crippen LogP contribution in [0.25, 0.3) is 10.2 Å². The minimum absolute atomic E-state index is 0.00309. The Morgan fingerprint density at radius 3 is 2.67 bits per heavy atom. The lowest BCUT2D eigenvalue weighted by Crippen LogP contribution is -2.20. The summed E-state index contributed by atoms with van der Waals surface area (Å²) in [4.78, 5) is 39.8. The number of hydrogen-bond donors (Lipinski definition) is 0. The van der Waals surface area contributed by atoms with E-state index in [0.29, 0.717) is 36.7 Å². The third-order valence-electron chi connectivity index (χ3n) is 3.48. The molecule has 0 saturated carbocycles. The number of thioether (sulfide) groups is 1. The summed E-state index contributed by atoms with van der Waals surface area (Å²) in [6.07, 6.45) is 0. The van der Waals surface area contributed by atoms with Crippen LogP contribution >= 0.6 is 23.1 Å². The molecule has 0 saturated heterocycles. The van der Waals surface area contributed by atoms with Gasteiger partial charge in [0.05, 0.1) is 34.7 Å². The van der Waals surface area contributed by atoms with Crippen molar-refractivity contribution in [3.8, 4) is 0 Å². The Balaban J connectivity index is 2.42. The molecule has 0 radical (unpaired) electrons. The lowest BCUT2D eigenvalue weighted by atomic mass is 10.2. The van der Waals surface area contributed by atoms with Crippen LogP contribution in [0.4, 0.5) is 0 Å². The molecule has 0 spiro atoms. The average molecular weight is 411 g/mol. The van der Waals surface area contributed by atoms with Crippen LogP contribution in [0.3, 0.4) is 0 Å². The van der Waals surface area contributed by atoms with E-state index in [2.05, 4.69) is 4.99 Å². The summed E-state index contributed by atoms with van der Waals surface area (Å²) in [6.45, 7) is 6.98. The van der Waals surface area contributed by atoms with Gasteiger partial charge in [-0.15, -0.1) is 0 Å². The molecule has 0 aliphatic heterocycles. The van der Waals surface area contributed by atoms with Crippen LogP contribution in [0, 0.1) is 0 Å². The summed E-state index contributed by atoms with van der Waals surface area (Å²) in [6, 6.07) is 5.25. The summed E-state index contributed by atoms with van der Waals surface area (Å²) < 4.78 is 13.2. The monoisotopic (exact) mass is 410 g/mol. The summed E-state index contributed by atoms with van der Waals surface area (Å²) >= 11 is 2.24. The van der Waals surface area contributed by atoms with E-state index < -0.39 is 0 Å². The summed E-state index contributed by atoms with van der Waals surface area (Å²) in [5.41, 5.74) is 1.31. The van der Waals surface area contributed by atoms with Gasteiger partial charge >= 0.3 is 5.97 Å². The normalized spacial score (nSPS) is 11.7. The van der Waals surface area contributed by atoms with E-state index in [4.69, 9.17) is 9.47 Å². The van der Waals surface area contributed by atoms with Gasteiger partial charge in [0.1, 0.15) is 0 Å². The first-order valence-corrected chi connectivity index (χ1v) is 10.4. The van der Waals surface area contributed by atoms with Gasteiger partial charge in [-0.05, 0) is 32.0 Å². The average Bonchev–Trinajstić information content (AvgIpc) is 2.97. The lowest BCUT2D eigenvalue weighted by Gasteiger charge is -2.06. The summed E-state index contributed by atoms with van der Waals surface area (Å²) in [5.74, 6) is -0.762. The van der Waals surface area contributed by atoms with E-state index in [1.54, 1.807) is 19.1 Å². The van der Waals surface area contributed by atoms with Gasteiger partial charge in [0.25, 0.3) is 5.91 Å². The van der Waals surface area contributed by atoms with Gasteiger partial charge in [0.2, 0.25) is 0 Å². The van der Waals surface area contributed by atoms with Crippen LogP contribution < -0.4 is 4.80 Å². The minimum Gasteiger partial charge on any atom is -0.462 e. The highest BCUT2D eigenvalue weighted by Crippen LogP contribution is 2.20. The van der Waals surface area contributed by atoms with E-state index in [1.165, 1.54) is 18.3 Å². The van der Waals surface area contributed by atoms with Crippen molar-refractivity contribution in [2.75, 3.05) is 25.6 Å². The number of esters is 1. The molecule has 0 aliphatic rings. The highest BCUT2D eigenvalue weighted by Gasteiger charge is 2.13. The van der Waals surface area contributed by atoms with Gasteiger partial charge in [-0.1, -0.05) is 23.1 Å². The molecule has 0 fully saturated rings. The maximum absolute atomic E-state index is 12.1. The Bertz CT molecular complexity index is 901. The minimum atomic E-state index is -0.388. The number of carbonyl (C=O) groups excluding carboxylic acids is 3. The molecule has 0 atom stereocenters. The molecule has 146 valence electrons. The predicted octanol–water partition coefficient (Wildman–Crippen LogP) is 2.62. The lowest BCUT2D eigenvalue weighted by molar-refractivity contribution is -0.116. The smallest absolute Gasteiger partial charge is 0.338 e. The molecule has 0 unspecified atom stereocenters. The molecule has 1 aromatic carbocycles. The van der Waals surface area contributed by atoms with Crippen LogP contribution in [0.2, 0.25) is 0 Å². The number of ether oxygens (including phenoxy) is 2. The van der Waals surface area contributed by atoms with Crippen LogP contribution in [0.5, 0.6) is 0 Å². The molecule has 0 aliphatic carbocycles. The SMILES string of the molecule is CCOCCn1c(=NC(=O)CSC(C)=O)sc2cc(C(=O)OCC)ccc21. The highest BCUT2D eigenvalue weighted by molar-refractivity contribution is 8.14. The Morgan fingerprint density at radius 1 is 1.22 bits per heavy atom. The maximum Gasteiger partial charge on any atom is 0.338 e. The molecular formula is C18H22N2O5S2. The van der Waals surface area contributed by atoms with Crippen molar-refractivity contribution in [2.24, 2.45) is 4.99 Å². The molecule has 0 N–H and O–H groups in total. The van der Waals surface area contributed by atoms with Gasteiger partial charge in [-0.3, -0.25) is 9.59 Å². The van der Waals surface area contributed by atoms with Crippen LogP contribution in [-0.4, -0.2) is 47.1 Å². The van der Waals surface area contributed by atoms with Crippen LogP contribution in [0.1, 0.15) is 31.1 Å². The molecule has 1 heterocycles. The van der Waals surface area contributed by atoms with Crippen molar-refractivity contribution in [2.45, 2.75) is 27.3 Å². The zero-order valence-electron chi connectivity index (χ0n) is 15.5. The zero-order chi connectivity index (χ0) is 19.8. The molecule has 1 aromatic heterocycles. The number of thiazole rings is 1. The Morgan fingerprint density at radius 2 is 2.00 bits per heavy atom. The molecule has 7 nitrogen and oxygen atoms in total. The van der Waals surface area contributed by atoms with Gasteiger partial charge in [-0.2, -0.15) is 4.99 Å². The molecular weight excluding hydrogens is 388 g/mol. The van der Waals surface area contributed by atoms with Crippen molar-refractivity contribution in [1.29, 1.82) is 0 Å². The number of rotatable bonds is 8. The second-order valence-corrected chi connectivity index (χ2v) is 7.58. The fourth-order valence-electron chi connectivity index (χ4n) is 2.32. The highest BCUT2D eigenvalue weighted by atomic mass is 32.2. The van der Waals surface area contributed by atoms with Gasteiger partial charge in [-0.25, -0.2) is 4.79 Å². The molecule has 9 heteroatoms. The molecule has 0 bridgehead atoms. The number of nitrogens with zero attached hydrogens (tertiary/aromatic N) is 2. The number of amides is 1. The largest absolute Gasteiger partial charge is 0.462 e. The standard InChI is InChI=1S/C18H22N2O5S2/c1-4-24-9-8-20-14-7-6-13(17(23)25-5-2)10-15(14)27-18(20)19-16(22)11-26-12(3)21/h6-7,10H,4-5,8-9,11H2,1-3H3. The molecule has 1 amide bonds. The number of fused-ring (bicyclic) bond motifs is 1. The number of carbonyl (C=O) groups is 3. The number of hydrogen-bond acceptors (Lipinski definition) is 7. The predicted molar refractivity (Wildman–Crippen MR) is 106 cm³/mol. The third kappa shape index (κ3) is 6.02. The van der Waals surface area contributed by atoms with Crippen LogP contribution in [0.15, 0.2) is 23.2 Å². The van der Waals surface area contributed by atoms with Gasteiger partial charge < -0.3 is 14.0 Å². The van der Waals surface area contributed by atoms with E-state index in [-0.39, 0.29) is 22.7 Å².